The van der Waals surface area contributed by atoms with Crippen molar-refractivity contribution in [2.75, 3.05) is 19.0 Å². The predicted molar refractivity (Wildman–Crippen MR) is 65.3 cm³/mol. The van der Waals surface area contributed by atoms with E-state index in [1.54, 1.807) is 0 Å². The van der Waals surface area contributed by atoms with Crippen molar-refractivity contribution >= 4 is 22.1 Å². The van der Waals surface area contributed by atoms with Crippen LogP contribution < -0.4 is 0 Å². The number of hydrogen-bond donors (Lipinski definition) is 1. The zero-order valence-electron chi connectivity index (χ0n) is 9.29. The van der Waals surface area contributed by atoms with E-state index in [9.17, 15) is 0 Å². The lowest BCUT2D eigenvalue weighted by Crippen LogP contribution is -2.25. The van der Waals surface area contributed by atoms with Crippen molar-refractivity contribution in [1.29, 1.82) is 0 Å². The van der Waals surface area contributed by atoms with E-state index in [1.807, 2.05) is 0 Å². The maximum absolute atomic E-state index is 5.61. The van der Waals surface area contributed by atoms with Gasteiger partial charge in [-0.1, -0.05) is 19.9 Å². The van der Waals surface area contributed by atoms with Crippen LogP contribution >= 0.6 is 12.6 Å². The Morgan fingerprint density at radius 1 is 1.14 bits per heavy atom. The van der Waals surface area contributed by atoms with E-state index >= 15 is 0 Å². The Kier molecular flexibility index (Phi) is 12.0. The summed E-state index contributed by atoms with van der Waals surface area (Å²) in [6.07, 6.45) is 3.27. The summed E-state index contributed by atoms with van der Waals surface area (Å²) in [7, 11) is 0.757. The van der Waals surface area contributed by atoms with Gasteiger partial charge in [0.25, 0.3) is 0 Å². The van der Waals surface area contributed by atoms with E-state index in [-0.39, 0.29) is 5.91 Å². The molecule has 0 bridgehead atoms. The van der Waals surface area contributed by atoms with Gasteiger partial charge in [-0.3, -0.25) is 0 Å². The minimum Gasteiger partial charge on any atom is -0.357 e. The van der Waals surface area contributed by atoms with Gasteiger partial charge in [0.05, 0.1) is 0 Å². The normalized spacial score (nSPS) is 11.1. The molecule has 0 unspecified atom stereocenters. The zero-order valence-corrected chi connectivity index (χ0v) is 11.2. The monoisotopic (exact) mass is 234 g/mol. The topological polar surface area (TPSA) is 18.5 Å². The van der Waals surface area contributed by atoms with Gasteiger partial charge >= 0.3 is 0 Å². The van der Waals surface area contributed by atoms with Crippen LogP contribution in [0.2, 0.25) is 6.04 Å². The van der Waals surface area contributed by atoms with Gasteiger partial charge in [0.15, 0.2) is 0 Å². The highest BCUT2D eigenvalue weighted by Crippen LogP contribution is 2.01. The van der Waals surface area contributed by atoms with Crippen molar-refractivity contribution in [2.45, 2.75) is 45.1 Å². The van der Waals surface area contributed by atoms with Gasteiger partial charge in [0.2, 0.25) is 0 Å². The summed E-state index contributed by atoms with van der Waals surface area (Å²) in [5, 5.41) is 0. The van der Waals surface area contributed by atoms with Crippen molar-refractivity contribution in [3.8, 4) is 0 Å². The predicted octanol–water partition coefficient (Wildman–Crippen LogP) is 2.57. The summed E-state index contributed by atoms with van der Waals surface area (Å²) in [6.45, 7) is 5.85. The van der Waals surface area contributed by atoms with E-state index in [1.165, 1.54) is 6.04 Å². The molecule has 0 aromatic rings. The van der Waals surface area contributed by atoms with Crippen LogP contribution in [0, 0.1) is 0 Å². The van der Waals surface area contributed by atoms with Crippen LogP contribution in [-0.4, -0.2) is 34.4 Å². The molecule has 0 heterocycles. The molecule has 0 N–H and O–H groups in total. The fraction of sp³-hybridized carbons (Fsp3) is 1.00. The molecule has 0 aliphatic heterocycles. The van der Waals surface area contributed by atoms with Crippen LogP contribution in [0.3, 0.4) is 0 Å². The minimum atomic E-state index is 0.0368. The first-order chi connectivity index (χ1) is 6.85. The lowest BCUT2D eigenvalue weighted by Gasteiger charge is -2.17. The third-order valence-corrected chi connectivity index (χ3v) is 3.22. The van der Waals surface area contributed by atoms with Crippen molar-refractivity contribution in [3.63, 3.8) is 0 Å². The average molecular weight is 234 g/mol. The van der Waals surface area contributed by atoms with Gasteiger partial charge in [0, 0.05) is 13.2 Å². The summed E-state index contributed by atoms with van der Waals surface area (Å²) in [6, 6.07) is 1.17. The third-order valence-electron chi connectivity index (χ3n) is 1.59. The maximum Gasteiger partial charge on any atom is 0.137 e. The van der Waals surface area contributed by atoms with Crippen molar-refractivity contribution in [2.24, 2.45) is 0 Å². The molecule has 14 heavy (non-hydrogen) atoms. The minimum absolute atomic E-state index is 0.0368. The lowest BCUT2D eigenvalue weighted by molar-refractivity contribution is -0.0904. The van der Waals surface area contributed by atoms with Gasteiger partial charge in [0.1, 0.15) is 15.4 Å². The van der Waals surface area contributed by atoms with E-state index in [4.69, 9.17) is 9.47 Å². The molecule has 4 heteroatoms. The first-order valence-corrected chi connectivity index (χ1v) is 7.34. The second kappa shape index (κ2) is 11.6. The van der Waals surface area contributed by atoms with Gasteiger partial charge < -0.3 is 9.47 Å². The standard InChI is InChI=1S/C10H22O2SSi/c1-3-6-11-10(12-7-4-2)14-9-5-8-13/h10,13H,3-9H2,1-2H3. The van der Waals surface area contributed by atoms with Gasteiger partial charge in [-0.15, -0.1) is 0 Å². The Labute approximate surface area is 96.0 Å². The third kappa shape index (κ3) is 9.06. The van der Waals surface area contributed by atoms with E-state index < -0.39 is 0 Å². The van der Waals surface area contributed by atoms with Crippen LogP contribution in [-0.2, 0) is 9.47 Å². The highest BCUT2D eigenvalue weighted by Gasteiger charge is 2.08. The quantitative estimate of drug-likeness (QED) is 0.271. The summed E-state index contributed by atoms with van der Waals surface area (Å²) < 4.78 is 11.2. The summed E-state index contributed by atoms with van der Waals surface area (Å²) >= 11 is 4.19. The van der Waals surface area contributed by atoms with Crippen LogP contribution in [0.1, 0.15) is 33.1 Å². The van der Waals surface area contributed by atoms with E-state index in [0.29, 0.717) is 0 Å². The van der Waals surface area contributed by atoms with E-state index in [2.05, 4.69) is 26.5 Å². The Hall–Kier alpha value is 0.487. The van der Waals surface area contributed by atoms with Crippen LogP contribution in [0.15, 0.2) is 0 Å². The Morgan fingerprint density at radius 2 is 1.71 bits per heavy atom. The lowest BCUT2D eigenvalue weighted by atomic mass is 10.5. The first kappa shape index (κ1) is 14.5. The largest absolute Gasteiger partial charge is 0.357 e. The molecule has 0 aromatic heterocycles. The molecule has 0 spiro atoms. The molecule has 0 aromatic carbocycles. The summed E-state index contributed by atoms with van der Waals surface area (Å²) in [5.41, 5.74) is 0. The highest BCUT2D eigenvalue weighted by atomic mass is 32.1. The smallest absolute Gasteiger partial charge is 0.137 e. The van der Waals surface area contributed by atoms with Gasteiger partial charge in [-0.25, -0.2) is 0 Å². The second-order valence-electron chi connectivity index (χ2n) is 3.10. The number of ether oxygens (including phenoxy) is 2. The number of thiol groups is 1. The Morgan fingerprint density at radius 3 is 2.14 bits per heavy atom. The molecule has 0 rings (SSSR count). The second-order valence-corrected chi connectivity index (χ2v) is 4.93. The molecule has 0 saturated carbocycles. The molecule has 84 valence electrons. The molecule has 0 saturated heterocycles. The van der Waals surface area contributed by atoms with Gasteiger partial charge in [-0.2, -0.15) is 12.6 Å². The SMILES string of the molecule is CCCOC(OCCC)[Si]CCCS. The Balaban J connectivity index is 3.49. The molecule has 2 nitrogen and oxygen atoms in total. The molecule has 0 amide bonds. The Bertz CT molecular complexity index is 106. The number of hydrogen-bond acceptors (Lipinski definition) is 3. The molecular weight excluding hydrogens is 212 g/mol. The first-order valence-electron chi connectivity index (χ1n) is 5.42. The average Bonchev–Trinajstić information content (AvgIpc) is 2.21. The van der Waals surface area contributed by atoms with E-state index in [0.717, 1.165) is 47.7 Å². The summed E-state index contributed by atoms with van der Waals surface area (Å²) in [4.78, 5) is 0. The van der Waals surface area contributed by atoms with Crippen molar-refractivity contribution in [1.82, 2.24) is 0 Å². The molecule has 0 aliphatic carbocycles. The van der Waals surface area contributed by atoms with Crippen LogP contribution in [0.25, 0.3) is 0 Å². The maximum atomic E-state index is 5.61. The number of rotatable bonds is 10. The summed E-state index contributed by atoms with van der Waals surface area (Å²) in [5.74, 6) is 0.996. The van der Waals surface area contributed by atoms with Crippen LogP contribution in [0.5, 0.6) is 0 Å². The molecule has 2 radical (unpaired) electrons. The molecule has 0 aliphatic rings. The molecular formula is C10H22O2SSi. The molecule has 0 atom stereocenters. The zero-order chi connectivity index (χ0) is 10.6. The molecule has 0 fully saturated rings. The fourth-order valence-electron chi connectivity index (χ4n) is 0.915. The van der Waals surface area contributed by atoms with Gasteiger partial charge in [-0.05, 0) is 25.0 Å². The fourth-order valence-corrected chi connectivity index (χ4v) is 2.46. The van der Waals surface area contributed by atoms with Crippen LogP contribution in [0.4, 0.5) is 0 Å². The highest BCUT2D eigenvalue weighted by molar-refractivity contribution is 7.80. The van der Waals surface area contributed by atoms with Crippen molar-refractivity contribution < 1.29 is 9.47 Å². The van der Waals surface area contributed by atoms with Crippen molar-refractivity contribution in [3.05, 3.63) is 0 Å².